The van der Waals surface area contributed by atoms with Crippen molar-refractivity contribution in [3.63, 3.8) is 0 Å². The SMILES string of the molecule is COc1cccc(F)c1C(C)(O)Cc1cccc(F)c1F. The Kier molecular flexibility index (Phi) is 4.23. The lowest BCUT2D eigenvalue weighted by molar-refractivity contribution is 0.0499. The fourth-order valence-electron chi connectivity index (χ4n) is 2.34. The van der Waals surface area contributed by atoms with Gasteiger partial charge in [-0.25, -0.2) is 13.2 Å². The van der Waals surface area contributed by atoms with Crippen molar-refractivity contribution in [2.45, 2.75) is 18.9 Å². The van der Waals surface area contributed by atoms with Crippen LogP contribution in [0.3, 0.4) is 0 Å². The highest BCUT2D eigenvalue weighted by atomic mass is 19.2. The first-order valence-electron chi connectivity index (χ1n) is 6.35. The first-order valence-corrected chi connectivity index (χ1v) is 6.35. The van der Waals surface area contributed by atoms with Gasteiger partial charge in [0.2, 0.25) is 0 Å². The Morgan fingerprint density at radius 2 is 1.67 bits per heavy atom. The van der Waals surface area contributed by atoms with Crippen molar-refractivity contribution in [1.82, 2.24) is 0 Å². The van der Waals surface area contributed by atoms with Crippen molar-refractivity contribution in [1.29, 1.82) is 0 Å². The summed E-state index contributed by atoms with van der Waals surface area (Å²) in [7, 11) is 1.34. The maximum Gasteiger partial charge on any atom is 0.162 e. The van der Waals surface area contributed by atoms with Crippen molar-refractivity contribution in [2.75, 3.05) is 7.11 Å². The fourth-order valence-corrected chi connectivity index (χ4v) is 2.34. The molecule has 0 aromatic heterocycles. The molecule has 2 aromatic carbocycles. The summed E-state index contributed by atoms with van der Waals surface area (Å²) in [5, 5.41) is 10.5. The minimum absolute atomic E-state index is 0.0368. The van der Waals surface area contributed by atoms with E-state index < -0.39 is 23.1 Å². The number of hydrogen-bond donors (Lipinski definition) is 1. The lowest BCUT2D eigenvalue weighted by Crippen LogP contribution is -2.27. The average molecular weight is 296 g/mol. The van der Waals surface area contributed by atoms with E-state index in [0.717, 1.165) is 6.07 Å². The van der Waals surface area contributed by atoms with Gasteiger partial charge in [0.15, 0.2) is 11.6 Å². The molecule has 21 heavy (non-hydrogen) atoms. The zero-order chi connectivity index (χ0) is 15.6. The Morgan fingerprint density at radius 3 is 2.33 bits per heavy atom. The molecule has 0 radical (unpaired) electrons. The van der Waals surface area contributed by atoms with Gasteiger partial charge in [0, 0.05) is 6.42 Å². The van der Waals surface area contributed by atoms with Crippen LogP contribution in [-0.2, 0) is 12.0 Å². The summed E-state index contributed by atoms with van der Waals surface area (Å²) in [6, 6.07) is 7.78. The molecule has 1 N–H and O–H groups in total. The van der Waals surface area contributed by atoms with Gasteiger partial charge in [-0.2, -0.15) is 0 Å². The molecule has 0 heterocycles. The summed E-state index contributed by atoms with van der Waals surface area (Å²) in [6.07, 6.45) is -0.284. The molecule has 112 valence electrons. The van der Waals surface area contributed by atoms with E-state index in [1.807, 2.05) is 0 Å². The van der Waals surface area contributed by atoms with E-state index in [1.165, 1.54) is 44.4 Å². The van der Waals surface area contributed by atoms with Crippen LogP contribution in [0, 0.1) is 17.5 Å². The van der Waals surface area contributed by atoms with Gasteiger partial charge in [-0.3, -0.25) is 0 Å². The second kappa shape index (κ2) is 5.77. The second-order valence-electron chi connectivity index (χ2n) is 4.98. The maximum absolute atomic E-state index is 14.0. The summed E-state index contributed by atoms with van der Waals surface area (Å²) >= 11 is 0. The zero-order valence-corrected chi connectivity index (χ0v) is 11.7. The molecule has 0 aliphatic rings. The lowest BCUT2D eigenvalue weighted by atomic mass is 9.87. The molecule has 0 spiro atoms. The number of benzene rings is 2. The van der Waals surface area contributed by atoms with Gasteiger partial charge >= 0.3 is 0 Å². The van der Waals surface area contributed by atoms with Crippen LogP contribution in [0.15, 0.2) is 36.4 Å². The Bertz CT molecular complexity index is 654. The van der Waals surface area contributed by atoms with Gasteiger partial charge in [0.05, 0.1) is 18.3 Å². The van der Waals surface area contributed by atoms with Crippen molar-refractivity contribution < 1.29 is 23.0 Å². The summed E-state index contributed by atoms with van der Waals surface area (Å²) < 4.78 is 46.0. The van der Waals surface area contributed by atoms with Crippen LogP contribution in [0.5, 0.6) is 5.75 Å². The minimum Gasteiger partial charge on any atom is -0.496 e. The number of ether oxygens (including phenoxy) is 1. The summed E-state index contributed by atoms with van der Waals surface area (Å²) in [5.41, 5.74) is -1.87. The van der Waals surface area contributed by atoms with Gasteiger partial charge in [-0.15, -0.1) is 0 Å². The van der Waals surface area contributed by atoms with E-state index in [2.05, 4.69) is 0 Å². The van der Waals surface area contributed by atoms with E-state index in [-0.39, 0.29) is 23.3 Å². The summed E-state index contributed by atoms with van der Waals surface area (Å²) in [4.78, 5) is 0. The molecule has 0 aliphatic heterocycles. The van der Waals surface area contributed by atoms with E-state index in [0.29, 0.717) is 0 Å². The third-order valence-electron chi connectivity index (χ3n) is 3.30. The van der Waals surface area contributed by atoms with Crippen molar-refractivity contribution >= 4 is 0 Å². The van der Waals surface area contributed by atoms with Crippen LogP contribution >= 0.6 is 0 Å². The Labute approximate surface area is 120 Å². The first kappa shape index (κ1) is 15.4. The molecule has 2 aromatic rings. The molecular weight excluding hydrogens is 281 g/mol. The molecule has 0 bridgehead atoms. The molecule has 0 fully saturated rings. The van der Waals surface area contributed by atoms with Crippen LogP contribution in [0.2, 0.25) is 0 Å². The van der Waals surface area contributed by atoms with Gasteiger partial charge in [-0.1, -0.05) is 18.2 Å². The lowest BCUT2D eigenvalue weighted by Gasteiger charge is -2.26. The quantitative estimate of drug-likeness (QED) is 0.934. The Balaban J connectivity index is 2.45. The van der Waals surface area contributed by atoms with Gasteiger partial charge in [0.1, 0.15) is 11.6 Å². The number of hydrogen-bond acceptors (Lipinski definition) is 2. The van der Waals surface area contributed by atoms with Gasteiger partial charge < -0.3 is 9.84 Å². The minimum atomic E-state index is -1.74. The highest BCUT2D eigenvalue weighted by Crippen LogP contribution is 2.35. The predicted molar refractivity (Wildman–Crippen MR) is 72.6 cm³/mol. The van der Waals surface area contributed by atoms with Gasteiger partial charge in [-0.05, 0) is 30.7 Å². The first-order chi connectivity index (χ1) is 9.86. The molecule has 0 saturated carbocycles. The average Bonchev–Trinajstić information content (AvgIpc) is 2.43. The molecular formula is C16H15F3O2. The third kappa shape index (κ3) is 3.03. The van der Waals surface area contributed by atoms with Crippen molar-refractivity contribution in [3.8, 4) is 5.75 Å². The summed E-state index contributed by atoms with van der Waals surface area (Å²) in [5.74, 6) is -2.58. The van der Waals surface area contributed by atoms with Crippen molar-refractivity contribution in [3.05, 3.63) is 65.0 Å². The predicted octanol–water partition coefficient (Wildman–Crippen LogP) is 3.56. The van der Waals surface area contributed by atoms with E-state index >= 15 is 0 Å². The standard InChI is InChI=1S/C16H15F3O2/c1-16(20,9-10-5-3-7-12(18)15(10)19)14-11(17)6-4-8-13(14)21-2/h3-8,20H,9H2,1-2H3. The monoisotopic (exact) mass is 296 g/mol. The molecule has 2 rings (SSSR count). The highest BCUT2D eigenvalue weighted by Gasteiger charge is 2.31. The topological polar surface area (TPSA) is 29.5 Å². The largest absolute Gasteiger partial charge is 0.496 e. The molecule has 2 nitrogen and oxygen atoms in total. The molecule has 5 heteroatoms. The smallest absolute Gasteiger partial charge is 0.162 e. The molecule has 0 amide bonds. The number of aliphatic hydroxyl groups is 1. The highest BCUT2D eigenvalue weighted by molar-refractivity contribution is 5.40. The Morgan fingerprint density at radius 1 is 1.05 bits per heavy atom. The molecule has 1 unspecified atom stereocenters. The molecule has 1 atom stereocenters. The van der Waals surface area contributed by atoms with Crippen LogP contribution in [0.4, 0.5) is 13.2 Å². The number of methoxy groups -OCH3 is 1. The van der Waals surface area contributed by atoms with Crippen LogP contribution in [-0.4, -0.2) is 12.2 Å². The second-order valence-corrected chi connectivity index (χ2v) is 4.98. The van der Waals surface area contributed by atoms with Crippen molar-refractivity contribution in [2.24, 2.45) is 0 Å². The normalized spacial score (nSPS) is 13.8. The van der Waals surface area contributed by atoms with Crippen LogP contribution in [0.1, 0.15) is 18.1 Å². The summed E-state index contributed by atoms with van der Waals surface area (Å²) in [6.45, 7) is 1.33. The van der Waals surface area contributed by atoms with Gasteiger partial charge in [0.25, 0.3) is 0 Å². The number of rotatable bonds is 4. The van der Waals surface area contributed by atoms with Crippen LogP contribution < -0.4 is 4.74 Å². The molecule has 0 aliphatic carbocycles. The Hall–Kier alpha value is -2.01. The van der Waals surface area contributed by atoms with E-state index in [1.54, 1.807) is 0 Å². The van der Waals surface area contributed by atoms with Crippen LogP contribution in [0.25, 0.3) is 0 Å². The van der Waals surface area contributed by atoms with E-state index in [4.69, 9.17) is 4.74 Å². The van der Waals surface area contributed by atoms with E-state index in [9.17, 15) is 18.3 Å². The zero-order valence-electron chi connectivity index (χ0n) is 11.7. The number of halogens is 3. The maximum atomic E-state index is 14.0. The fraction of sp³-hybridized carbons (Fsp3) is 0.250. The third-order valence-corrected chi connectivity index (χ3v) is 3.30. The molecule has 0 saturated heterocycles.